The largest absolute Gasteiger partial charge is 0.304 e. The zero-order valence-electron chi connectivity index (χ0n) is 4.42. The van der Waals surface area contributed by atoms with E-state index in [4.69, 9.17) is 0 Å². The maximum atomic E-state index is 11.5. The van der Waals surface area contributed by atoms with Crippen LogP contribution in [0.25, 0.3) is 0 Å². The molecule has 0 saturated heterocycles. The summed E-state index contributed by atoms with van der Waals surface area (Å²) in [5.41, 5.74) is 0. The first kappa shape index (κ1) is 9.32. The van der Waals surface area contributed by atoms with Gasteiger partial charge in [-0.25, -0.2) is 17.6 Å². The van der Waals surface area contributed by atoms with Crippen molar-refractivity contribution in [3.05, 3.63) is 11.9 Å². The highest BCUT2D eigenvalue weighted by Crippen LogP contribution is 2.21. The van der Waals surface area contributed by atoms with Crippen molar-refractivity contribution in [1.82, 2.24) is 0 Å². The summed E-state index contributed by atoms with van der Waals surface area (Å²) in [6.07, 6.45) is -10.3. The van der Waals surface area contributed by atoms with E-state index >= 15 is 0 Å². The third-order valence-corrected chi connectivity index (χ3v) is 0.644. The second kappa shape index (κ2) is 3.48. The Bertz CT molecular complexity index is 135. The number of hydrogen-bond donors (Lipinski definition) is 0. The lowest BCUT2D eigenvalue weighted by molar-refractivity contribution is 0.0533. The normalized spacial score (nSPS) is 13.5. The Balaban J connectivity index is 4.22. The summed E-state index contributed by atoms with van der Waals surface area (Å²) in [5, 5.41) is 0. The van der Waals surface area contributed by atoms with Crippen molar-refractivity contribution >= 4 is 0 Å². The Morgan fingerprint density at radius 2 is 1.30 bits per heavy atom. The van der Waals surface area contributed by atoms with Gasteiger partial charge in [0.2, 0.25) is 12.0 Å². The number of rotatable bonds is 2. The fourth-order valence-corrected chi connectivity index (χ4v) is 0.215. The van der Waals surface area contributed by atoms with Gasteiger partial charge in [-0.05, 0) is 0 Å². The minimum absolute atomic E-state index is 2.70. The van der Waals surface area contributed by atoms with Crippen molar-refractivity contribution in [2.45, 2.75) is 12.6 Å². The molecule has 0 aromatic rings. The van der Waals surface area contributed by atoms with Crippen LogP contribution in [0.1, 0.15) is 0 Å². The molecule has 0 aromatic carbocycles. The molecule has 1 unspecified atom stereocenters. The average molecular weight is 164 g/mol. The van der Waals surface area contributed by atoms with Gasteiger partial charge in [-0.3, -0.25) is 0 Å². The van der Waals surface area contributed by atoms with Crippen LogP contribution in [-0.2, 0) is 0 Å². The lowest BCUT2D eigenvalue weighted by Crippen LogP contribution is -2.12. The summed E-state index contributed by atoms with van der Waals surface area (Å²) in [4.78, 5) is 0. The Labute approximate surface area is 52.1 Å². The monoisotopic (exact) mass is 164 g/mol. The molecule has 0 saturated carbocycles. The molecule has 0 aromatic heterocycles. The van der Waals surface area contributed by atoms with Crippen LogP contribution in [0, 0.1) is 0 Å². The molecule has 0 fully saturated rings. The average Bonchev–Trinajstić information content (AvgIpc) is 1.84. The van der Waals surface area contributed by atoms with Crippen LogP contribution in [-0.4, -0.2) is 12.6 Å². The topological polar surface area (TPSA) is 0 Å². The number of allylic oxidation sites excluding steroid dienone is 1. The number of hydrogen-bond acceptors (Lipinski definition) is 0. The molecular weight excluding hydrogens is 162 g/mol. The molecule has 0 N–H and O–H groups in total. The predicted octanol–water partition coefficient (Wildman–Crippen LogP) is 2.67. The van der Waals surface area contributed by atoms with Crippen LogP contribution in [0.5, 0.6) is 0 Å². The molecule has 0 aliphatic carbocycles. The third kappa shape index (κ3) is 2.28. The van der Waals surface area contributed by atoms with E-state index in [1.165, 1.54) is 0 Å². The van der Waals surface area contributed by atoms with Crippen molar-refractivity contribution in [2.24, 2.45) is 0 Å². The molecule has 0 nitrogen and oxygen atoms in total. The lowest BCUT2D eigenvalue weighted by atomic mass is 10.4. The van der Waals surface area contributed by atoms with Crippen LogP contribution < -0.4 is 0 Å². The van der Waals surface area contributed by atoms with E-state index in [2.05, 4.69) is 0 Å². The summed E-state index contributed by atoms with van der Waals surface area (Å²) in [7, 11) is 0. The SMILES string of the molecule is FC(F)=C(F)C(F)C(F)F. The van der Waals surface area contributed by atoms with Gasteiger partial charge in [0.25, 0.3) is 6.43 Å². The van der Waals surface area contributed by atoms with E-state index in [9.17, 15) is 26.3 Å². The molecule has 0 bridgehead atoms. The van der Waals surface area contributed by atoms with Gasteiger partial charge in [-0.15, -0.1) is 0 Å². The third-order valence-electron chi connectivity index (χ3n) is 0.644. The maximum Gasteiger partial charge on any atom is 0.304 e. The first-order valence-corrected chi connectivity index (χ1v) is 2.09. The van der Waals surface area contributed by atoms with Crippen LogP contribution >= 0.6 is 0 Å². The Hall–Kier alpha value is -0.680. The van der Waals surface area contributed by atoms with Gasteiger partial charge >= 0.3 is 6.08 Å². The molecule has 0 aliphatic rings. The summed E-state index contributed by atoms with van der Waals surface area (Å²) in [6, 6.07) is 0. The summed E-state index contributed by atoms with van der Waals surface area (Å²) in [5.74, 6) is -2.70. The van der Waals surface area contributed by atoms with Crippen molar-refractivity contribution < 1.29 is 26.3 Å². The second-order valence-electron chi connectivity index (χ2n) is 1.34. The highest BCUT2D eigenvalue weighted by Gasteiger charge is 2.28. The molecule has 0 spiro atoms. The maximum absolute atomic E-state index is 11.5. The van der Waals surface area contributed by atoms with E-state index in [1.807, 2.05) is 0 Å². The molecule has 0 rings (SSSR count). The van der Waals surface area contributed by atoms with E-state index < -0.39 is 24.5 Å². The zero-order valence-corrected chi connectivity index (χ0v) is 4.42. The standard InChI is InChI=1S/C4H2F6/c5-1(3(7)8)2(6)4(9)10/h1,3H. The van der Waals surface area contributed by atoms with Gasteiger partial charge < -0.3 is 0 Å². The minimum atomic E-state index is -3.75. The molecule has 0 amide bonds. The van der Waals surface area contributed by atoms with Gasteiger partial charge in [0.05, 0.1) is 0 Å². The quantitative estimate of drug-likeness (QED) is 0.550. The highest BCUT2D eigenvalue weighted by atomic mass is 19.3. The summed E-state index contributed by atoms with van der Waals surface area (Å²) in [6.45, 7) is 0. The fraction of sp³-hybridized carbons (Fsp3) is 0.500. The predicted molar refractivity (Wildman–Crippen MR) is 21.2 cm³/mol. The summed E-state index contributed by atoms with van der Waals surface area (Å²) >= 11 is 0. The van der Waals surface area contributed by atoms with Gasteiger partial charge in [0, 0.05) is 0 Å². The van der Waals surface area contributed by atoms with E-state index in [0.717, 1.165) is 0 Å². The van der Waals surface area contributed by atoms with E-state index in [1.54, 1.807) is 0 Å². The Morgan fingerprint density at radius 1 is 0.900 bits per heavy atom. The Kier molecular flexibility index (Phi) is 3.24. The first-order valence-electron chi connectivity index (χ1n) is 2.09. The van der Waals surface area contributed by atoms with Gasteiger partial charge in [-0.1, -0.05) is 0 Å². The molecule has 0 radical (unpaired) electrons. The molecule has 0 aliphatic heterocycles. The number of alkyl halides is 3. The fourth-order valence-electron chi connectivity index (χ4n) is 0.215. The number of halogens is 6. The molecular formula is C4H2F6. The van der Waals surface area contributed by atoms with Crippen LogP contribution in [0.15, 0.2) is 11.9 Å². The summed E-state index contributed by atoms with van der Waals surface area (Å²) < 4.78 is 67.0. The Morgan fingerprint density at radius 3 is 1.40 bits per heavy atom. The smallest absolute Gasteiger partial charge is 0.233 e. The molecule has 1 atom stereocenters. The molecule has 0 heterocycles. The van der Waals surface area contributed by atoms with Gasteiger partial charge in [-0.2, -0.15) is 8.78 Å². The lowest BCUT2D eigenvalue weighted by Gasteiger charge is -2.00. The van der Waals surface area contributed by atoms with Crippen LogP contribution in [0.3, 0.4) is 0 Å². The van der Waals surface area contributed by atoms with Crippen LogP contribution in [0.4, 0.5) is 26.3 Å². The van der Waals surface area contributed by atoms with Crippen molar-refractivity contribution in [3.8, 4) is 0 Å². The van der Waals surface area contributed by atoms with Crippen molar-refractivity contribution in [2.75, 3.05) is 0 Å². The van der Waals surface area contributed by atoms with Crippen LogP contribution in [0.2, 0.25) is 0 Å². The minimum Gasteiger partial charge on any atom is -0.233 e. The molecule has 60 valence electrons. The van der Waals surface area contributed by atoms with E-state index in [-0.39, 0.29) is 0 Å². The van der Waals surface area contributed by atoms with Crippen molar-refractivity contribution in [3.63, 3.8) is 0 Å². The molecule has 10 heavy (non-hydrogen) atoms. The van der Waals surface area contributed by atoms with Gasteiger partial charge in [0.1, 0.15) is 0 Å². The molecule has 6 heteroatoms. The zero-order chi connectivity index (χ0) is 8.31. The van der Waals surface area contributed by atoms with E-state index in [0.29, 0.717) is 0 Å². The highest BCUT2D eigenvalue weighted by molar-refractivity contribution is 4.99. The van der Waals surface area contributed by atoms with Crippen molar-refractivity contribution in [1.29, 1.82) is 0 Å². The second-order valence-corrected chi connectivity index (χ2v) is 1.34. The van der Waals surface area contributed by atoms with Gasteiger partial charge in [0.15, 0.2) is 0 Å². The first-order chi connectivity index (χ1) is 4.46.